The molecule has 9 N–H and O–H groups in total. The Morgan fingerprint density at radius 1 is 0.227 bits per heavy atom. The van der Waals surface area contributed by atoms with E-state index in [0.717, 1.165) is 29.4 Å². The van der Waals surface area contributed by atoms with Crippen LogP contribution in [-0.4, -0.2) is 191 Å². The minimum atomic E-state index is -0.623. The van der Waals surface area contributed by atoms with Gasteiger partial charge in [-0.1, -0.05) is 163 Å². The molecule has 0 saturated carbocycles. The van der Waals surface area contributed by atoms with Crippen molar-refractivity contribution in [3.63, 3.8) is 0 Å². The number of hydrogen-bond donors (Lipinski definition) is 9. The molecule has 0 aliphatic rings. The van der Waals surface area contributed by atoms with Gasteiger partial charge in [0, 0.05) is 187 Å². The van der Waals surface area contributed by atoms with Crippen LogP contribution in [0.2, 0.25) is 0 Å². The Bertz CT molecular complexity index is 6580. The molecule has 30 nitrogen and oxygen atoms in total. The summed E-state index contributed by atoms with van der Waals surface area (Å²) < 4.78 is 17.1. The number of aromatic hydroxyl groups is 6. The number of Topliss-reactive ketones (excluding diaryl/α,β-unsaturated/α-hetero) is 3. The average molecular weight is 2170 g/mol. The number of para-hydroxylation sites is 6. The minimum absolute atomic E-state index is 0. The molecule has 0 atom stereocenters. The van der Waals surface area contributed by atoms with Crippen molar-refractivity contribution in [2.24, 2.45) is 60.4 Å². The summed E-state index contributed by atoms with van der Waals surface area (Å²) in [5.41, 5.74) is 6.67. The molecule has 16 aromatic rings. The number of ether oxygens (including phenoxy) is 3. The standard InChI is InChI=1S/C66H45N9O9S3.3C16H16N2O2.3Cr/c76-58(46-22-34-55(35-23-46)85-52-10-4-1-5-11-52)61(73-79)82-49-28-16-43(17-29-49)40-67-64-70-65(68-41-44-18-30-50(31-19-44)83-62(74-80)59(77)47-24-36-56(37-25-47)86-53-12-6-2-7-13-53)72-66(71-64)69-42-45-20-32-51(33-21-45)84-63(75-81)60(78)48-26-38-57(39-27-48)87-54-14-8-3-9-15-54;3*19-15-7-3-1-5-13(15)11-17-9-10-18-12-14-6-2-4-8-16(14)20;;;/h1-42,79-81H;3*1-8,11-12,19-20H,9-10H2;;;/b67-40+,68-41+,69-42+,73-61+,74-62+,75-63+;;;;;;. The molecule has 0 unspecified atom stereocenters. The summed E-state index contributed by atoms with van der Waals surface area (Å²) in [6.07, 6.45) is 14.2. The van der Waals surface area contributed by atoms with E-state index in [1.165, 1.54) is 18.6 Å². The number of carbonyl (C=O) groups is 3. The summed E-state index contributed by atoms with van der Waals surface area (Å²) in [6, 6.07) is 111. The predicted molar refractivity (Wildman–Crippen MR) is 578 cm³/mol. The molecule has 16 rings (SSSR count). The van der Waals surface area contributed by atoms with Gasteiger partial charge in [0.05, 0.1) is 39.3 Å². The third kappa shape index (κ3) is 37.9. The first-order valence-electron chi connectivity index (χ1n) is 45.1. The van der Waals surface area contributed by atoms with Crippen LogP contribution in [0, 0.1) is 0 Å². The van der Waals surface area contributed by atoms with Crippen LogP contribution in [-0.2, 0) is 52.1 Å². The minimum Gasteiger partial charge on any atom is -0.507 e. The molecule has 0 bridgehead atoms. The zero-order valence-electron chi connectivity index (χ0n) is 79.4. The molecule has 36 heteroatoms. The molecule has 0 fully saturated rings. The van der Waals surface area contributed by atoms with E-state index in [-0.39, 0.29) is 138 Å². The van der Waals surface area contributed by atoms with E-state index in [1.54, 1.807) is 327 Å². The van der Waals surface area contributed by atoms with Crippen LogP contribution in [0.1, 0.15) is 81.1 Å². The molecular weight excluding hydrogens is 2070 g/mol. The van der Waals surface area contributed by atoms with Gasteiger partial charge in [-0.05, 0) is 287 Å². The monoisotopic (exact) mass is 2160 g/mol. The Labute approximate surface area is 908 Å². The number of ketones is 3. The normalized spacial score (nSPS) is 11.5. The fraction of sp³-hybridized carbons (Fsp3) is 0.0526. The summed E-state index contributed by atoms with van der Waals surface area (Å²) >= 11 is 4.63. The van der Waals surface area contributed by atoms with Crippen molar-refractivity contribution in [1.82, 2.24) is 15.0 Å². The van der Waals surface area contributed by atoms with Crippen LogP contribution >= 0.6 is 35.3 Å². The van der Waals surface area contributed by atoms with Crippen LogP contribution in [0.4, 0.5) is 17.8 Å². The van der Waals surface area contributed by atoms with Gasteiger partial charge in [0.25, 0.3) is 35.2 Å². The Morgan fingerprint density at radius 2 is 0.407 bits per heavy atom. The van der Waals surface area contributed by atoms with E-state index in [0.29, 0.717) is 89.3 Å². The van der Waals surface area contributed by atoms with Gasteiger partial charge in [-0.15, -0.1) is 0 Å². The van der Waals surface area contributed by atoms with Gasteiger partial charge < -0.3 is 60.5 Å². The second kappa shape index (κ2) is 62.4. The largest absolute Gasteiger partial charge is 0.507 e. The smallest absolute Gasteiger partial charge is 0.304 e. The van der Waals surface area contributed by atoms with E-state index in [2.05, 4.69) is 75.4 Å². The summed E-state index contributed by atoms with van der Waals surface area (Å²) in [4.78, 5) is 97.6. The Balaban J connectivity index is 0.000000290. The van der Waals surface area contributed by atoms with E-state index in [4.69, 9.17) is 14.2 Å². The Hall–Kier alpha value is -17.4. The maximum atomic E-state index is 13.3. The van der Waals surface area contributed by atoms with E-state index < -0.39 is 35.0 Å². The van der Waals surface area contributed by atoms with Gasteiger partial charge in [-0.2, -0.15) is 15.0 Å². The number of benzene rings is 15. The van der Waals surface area contributed by atoms with Crippen LogP contribution in [0.3, 0.4) is 0 Å². The molecule has 15 aromatic carbocycles. The molecule has 1 heterocycles. The van der Waals surface area contributed by atoms with E-state index in [9.17, 15) is 60.6 Å². The molecule has 750 valence electrons. The number of hydrogen-bond acceptors (Lipinski definition) is 33. The number of aromatic nitrogens is 3. The molecule has 0 radical (unpaired) electrons. The maximum Gasteiger partial charge on any atom is 0.304 e. The van der Waals surface area contributed by atoms with Gasteiger partial charge in [-0.3, -0.25) is 44.3 Å². The molecule has 150 heavy (non-hydrogen) atoms. The molecule has 0 saturated heterocycles. The maximum absolute atomic E-state index is 13.3. The molecule has 0 amide bonds. The molecular formula is C114H93Cr3N15O15S3. The SMILES string of the molecule is O=C(/C(=N\O)Oc1ccc(/C=N/c2nc(/N=C/c3ccc(O/C(=N/O)C(=O)c4ccc(Sc5ccccc5)cc4)cc3)nc(/N=C/c3ccc(O/C(=N/O)C(=O)c4ccc(Sc5ccccc5)cc4)cc3)n2)cc1)c1ccc(Sc2ccccc2)cc1.Oc1ccccc1C=NCCN=Cc1ccccc1O.Oc1ccccc1C=NCCN=Cc1ccccc1O.Oc1ccccc1C=NCCN=Cc1ccccc1O.[Cr].[Cr].[Cr]. The number of phenolic OH excluding ortho intramolecular Hbond substituents is 6. The van der Waals surface area contributed by atoms with Gasteiger partial charge in [0.1, 0.15) is 51.7 Å². The van der Waals surface area contributed by atoms with E-state index >= 15 is 0 Å². The summed E-state index contributed by atoms with van der Waals surface area (Å²) in [5, 5.41) is 96.0. The predicted octanol–water partition coefficient (Wildman–Crippen LogP) is 22.6. The third-order valence-corrected chi connectivity index (χ3v) is 23.1. The molecule has 1 aromatic heterocycles. The fourth-order valence-corrected chi connectivity index (χ4v) is 15.1. The quantitative estimate of drug-likeness (QED) is 0.00440. The van der Waals surface area contributed by atoms with Crippen molar-refractivity contribution in [2.75, 3.05) is 39.3 Å². The first-order chi connectivity index (χ1) is 71.9. The van der Waals surface area contributed by atoms with Crippen molar-refractivity contribution in [3.8, 4) is 51.7 Å². The summed E-state index contributed by atoms with van der Waals surface area (Å²) in [6.45, 7) is 3.16. The van der Waals surface area contributed by atoms with Crippen LogP contribution in [0.5, 0.6) is 51.7 Å². The van der Waals surface area contributed by atoms with Crippen LogP contribution in [0.15, 0.2) is 472 Å². The van der Waals surface area contributed by atoms with Crippen molar-refractivity contribution in [1.29, 1.82) is 0 Å². The number of nitrogens with zero attached hydrogens (tertiary/aromatic N) is 15. The van der Waals surface area contributed by atoms with Crippen molar-refractivity contribution >= 4 is 144 Å². The van der Waals surface area contributed by atoms with Crippen LogP contribution in [0.25, 0.3) is 0 Å². The van der Waals surface area contributed by atoms with Crippen LogP contribution < -0.4 is 14.2 Å². The average Bonchev–Trinajstić information content (AvgIpc) is 0.839. The topological polar surface area (TPSA) is 448 Å². The first-order valence-corrected chi connectivity index (χ1v) is 47.6. The molecule has 0 aliphatic heterocycles. The zero-order valence-corrected chi connectivity index (χ0v) is 85.7. The molecule has 0 aliphatic carbocycles. The number of phenols is 6. The van der Waals surface area contributed by atoms with Gasteiger partial charge in [0.2, 0.25) is 0 Å². The second-order valence-corrected chi connectivity index (χ2v) is 34.0. The van der Waals surface area contributed by atoms with Gasteiger partial charge >= 0.3 is 17.7 Å². The zero-order chi connectivity index (χ0) is 103. The van der Waals surface area contributed by atoms with Gasteiger partial charge in [-0.25, -0.2) is 15.0 Å². The number of oxime groups is 3. The Kier molecular flexibility index (Phi) is 47.7. The molecule has 0 spiro atoms. The van der Waals surface area contributed by atoms with Crippen molar-refractivity contribution in [3.05, 3.63) is 449 Å². The fourth-order valence-electron chi connectivity index (χ4n) is 12.6. The first kappa shape index (κ1) is 115. The number of carbonyl (C=O) groups excluding carboxylic acids is 3. The third-order valence-electron chi connectivity index (χ3n) is 20.1. The Morgan fingerprint density at radius 3 is 0.593 bits per heavy atom. The number of aliphatic imine (C=N–C) groups is 9. The number of rotatable bonds is 36. The van der Waals surface area contributed by atoms with Crippen molar-refractivity contribution in [2.45, 2.75) is 29.4 Å². The van der Waals surface area contributed by atoms with Crippen molar-refractivity contribution < 1.29 is 127 Å². The summed E-state index contributed by atoms with van der Waals surface area (Å²) in [5.74, 6) is -1.72. The van der Waals surface area contributed by atoms with Gasteiger partial charge in [0.15, 0.2) is 0 Å². The van der Waals surface area contributed by atoms with E-state index in [1.807, 2.05) is 127 Å². The second-order valence-electron chi connectivity index (χ2n) is 30.6. The summed E-state index contributed by atoms with van der Waals surface area (Å²) in [7, 11) is 0.